The summed E-state index contributed by atoms with van der Waals surface area (Å²) in [5.74, 6) is 0. The number of anilines is 1. The zero-order valence-corrected chi connectivity index (χ0v) is 11.4. The van der Waals surface area contributed by atoms with Gasteiger partial charge in [0.05, 0.1) is 0 Å². The van der Waals surface area contributed by atoms with Crippen LogP contribution < -0.4 is 11.4 Å². The van der Waals surface area contributed by atoms with E-state index < -0.39 is 0 Å². The van der Waals surface area contributed by atoms with Crippen molar-refractivity contribution in [1.29, 1.82) is 0 Å². The van der Waals surface area contributed by atoms with Gasteiger partial charge in [-0.1, -0.05) is 32.6 Å². The number of nitrogens with two attached hydrogens (primary N) is 1. The molecule has 1 aromatic carbocycles. The van der Waals surface area contributed by atoms with E-state index in [9.17, 15) is 4.79 Å². The molecule has 0 aliphatic carbocycles. The SMILES string of the molecule is CCCCCCCc1cc(=O)oc2cc(N)ccc12. The van der Waals surface area contributed by atoms with Gasteiger partial charge in [-0.05, 0) is 30.5 Å². The summed E-state index contributed by atoms with van der Waals surface area (Å²) in [4.78, 5) is 11.5. The summed E-state index contributed by atoms with van der Waals surface area (Å²) in [6.07, 6.45) is 7.05. The largest absolute Gasteiger partial charge is 0.423 e. The molecule has 0 saturated carbocycles. The van der Waals surface area contributed by atoms with Crippen molar-refractivity contribution in [2.75, 3.05) is 5.73 Å². The fraction of sp³-hybridized carbons (Fsp3) is 0.438. The molecule has 19 heavy (non-hydrogen) atoms. The summed E-state index contributed by atoms with van der Waals surface area (Å²) in [5, 5.41) is 1.00. The van der Waals surface area contributed by atoms with E-state index in [-0.39, 0.29) is 5.63 Å². The van der Waals surface area contributed by atoms with E-state index in [1.165, 1.54) is 25.7 Å². The second kappa shape index (κ2) is 6.41. The molecule has 0 saturated heterocycles. The van der Waals surface area contributed by atoms with E-state index in [4.69, 9.17) is 10.2 Å². The fourth-order valence-corrected chi connectivity index (χ4v) is 2.37. The molecule has 0 aliphatic rings. The van der Waals surface area contributed by atoms with Crippen LogP contribution in [-0.2, 0) is 6.42 Å². The molecule has 0 amide bonds. The van der Waals surface area contributed by atoms with Crippen molar-refractivity contribution in [3.05, 3.63) is 40.2 Å². The van der Waals surface area contributed by atoms with E-state index in [0.717, 1.165) is 23.8 Å². The molecule has 0 spiro atoms. The van der Waals surface area contributed by atoms with Crippen LogP contribution in [0.3, 0.4) is 0 Å². The summed E-state index contributed by atoms with van der Waals surface area (Å²) < 4.78 is 5.19. The molecule has 2 N–H and O–H groups in total. The van der Waals surface area contributed by atoms with Gasteiger partial charge in [0.15, 0.2) is 0 Å². The van der Waals surface area contributed by atoms with Crippen molar-refractivity contribution in [1.82, 2.24) is 0 Å². The molecular weight excluding hydrogens is 238 g/mol. The highest BCUT2D eigenvalue weighted by Gasteiger charge is 2.05. The average Bonchev–Trinajstić information content (AvgIpc) is 2.37. The first-order chi connectivity index (χ1) is 9.20. The van der Waals surface area contributed by atoms with E-state index in [0.29, 0.717) is 11.3 Å². The van der Waals surface area contributed by atoms with Crippen LogP contribution >= 0.6 is 0 Å². The Kier molecular flexibility index (Phi) is 4.61. The lowest BCUT2D eigenvalue weighted by atomic mass is 10.0. The molecule has 2 aromatic rings. The van der Waals surface area contributed by atoms with E-state index in [1.54, 1.807) is 12.1 Å². The number of benzene rings is 1. The number of fused-ring (bicyclic) bond motifs is 1. The minimum atomic E-state index is -0.290. The molecule has 3 nitrogen and oxygen atoms in total. The van der Waals surface area contributed by atoms with Crippen molar-refractivity contribution >= 4 is 16.7 Å². The van der Waals surface area contributed by atoms with Gasteiger partial charge in [-0.2, -0.15) is 0 Å². The number of hydrogen-bond acceptors (Lipinski definition) is 3. The maximum absolute atomic E-state index is 11.5. The molecule has 1 aromatic heterocycles. The summed E-state index contributed by atoms with van der Waals surface area (Å²) in [6, 6.07) is 7.12. The molecular formula is C16H21NO2. The monoisotopic (exact) mass is 259 g/mol. The third-order valence-electron chi connectivity index (χ3n) is 3.40. The van der Waals surface area contributed by atoms with Gasteiger partial charge in [-0.25, -0.2) is 4.79 Å². The second-order valence-corrected chi connectivity index (χ2v) is 5.01. The molecule has 3 heteroatoms. The third kappa shape index (κ3) is 3.60. The van der Waals surface area contributed by atoms with Gasteiger partial charge in [0.2, 0.25) is 0 Å². The number of hydrogen-bond donors (Lipinski definition) is 1. The summed E-state index contributed by atoms with van der Waals surface area (Å²) in [5.41, 5.74) is 7.71. The quantitative estimate of drug-likeness (QED) is 0.486. The van der Waals surface area contributed by atoms with Crippen molar-refractivity contribution in [2.45, 2.75) is 45.4 Å². The van der Waals surface area contributed by atoms with Crippen molar-refractivity contribution in [3.63, 3.8) is 0 Å². The Balaban J connectivity index is 2.15. The smallest absolute Gasteiger partial charge is 0.336 e. The second-order valence-electron chi connectivity index (χ2n) is 5.01. The Morgan fingerprint density at radius 3 is 2.68 bits per heavy atom. The van der Waals surface area contributed by atoms with Crippen molar-refractivity contribution in [3.8, 4) is 0 Å². The minimum absolute atomic E-state index is 0.290. The molecule has 0 unspecified atom stereocenters. The summed E-state index contributed by atoms with van der Waals surface area (Å²) >= 11 is 0. The maximum Gasteiger partial charge on any atom is 0.336 e. The molecule has 102 valence electrons. The van der Waals surface area contributed by atoms with Gasteiger partial charge in [-0.3, -0.25) is 0 Å². The predicted molar refractivity (Wildman–Crippen MR) is 79.4 cm³/mol. The fourth-order valence-electron chi connectivity index (χ4n) is 2.37. The molecule has 1 heterocycles. The third-order valence-corrected chi connectivity index (χ3v) is 3.40. The zero-order valence-electron chi connectivity index (χ0n) is 11.4. The Labute approximate surface area is 113 Å². The van der Waals surface area contributed by atoms with Crippen molar-refractivity contribution in [2.24, 2.45) is 0 Å². The van der Waals surface area contributed by atoms with Crippen LogP contribution in [0.2, 0.25) is 0 Å². The average molecular weight is 259 g/mol. The lowest BCUT2D eigenvalue weighted by molar-refractivity contribution is 0.557. The van der Waals surface area contributed by atoms with Crippen LogP contribution in [0, 0.1) is 0 Å². The molecule has 0 bridgehead atoms. The zero-order chi connectivity index (χ0) is 13.7. The lowest BCUT2D eigenvalue weighted by Gasteiger charge is -2.06. The molecule has 0 radical (unpaired) electrons. The highest BCUT2D eigenvalue weighted by atomic mass is 16.4. The number of nitrogen functional groups attached to an aromatic ring is 1. The Bertz CT molecular complexity index is 601. The van der Waals surface area contributed by atoms with Gasteiger partial charge in [0.1, 0.15) is 5.58 Å². The summed E-state index contributed by atoms with van der Waals surface area (Å²) in [7, 11) is 0. The number of unbranched alkanes of at least 4 members (excludes halogenated alkanes) is 4. The highest BCUT2D eigenvalue weighted by Crippen LogP contribution is 2.21. The van der Waals surface area contributed by atoms with Crippen LogP contribution in [0.5, 0.6) is 0 Å². The molecule has 0 atom stereocenters. The van der Waals surface area contributed by atoms with Gasteiger partial charge in [-0.15, -0.1) is 0 Å². The van der Waals surface area contributed by atoms with Crippen LogP contribution in [0.15, 0.2) is 33.5 Å². The Morgan fingerprint density at radius 1 is 1.11 bits per heavy atom. The molecule has 0 aliphatic heterocycles. The molecule has 0 fully saturated rings. The Hall–Kier alpha value is -1.77. The predicted octanol–water partition coefficient (Wildman–Crippen LogP) is 3.89. The lowest BCUT2D eigenvalue weighted by Crippen LogP contribution is -2.01. The first-order valence-corrected chi connectivity index (χ1v) is 7.03. The van der Waals surface area contributed by atoms with Gasteiger partial charge in [0, 0.05) is 23.2 Å². The summed E-state index contributed by atoms with van der Waals surface area (Å²) in [6.45, 7) is 2.21. The van der Waals surface area contributed by atoms with Crippen LogP contribution in [0.1, 0.15) is 44.6 Å². The van der Waals surface area contributed by atoms with Gasteiger partial charge in [0.25, 0.3) is 0 Å². The van der Waals surface area contributed by atoms with Gasteiger partial charge < -0.3 is 10.2 Å². The van der Waals surface area contributed by atoms with E-state index in [1.807, 2.05) is 12.1 Å². The first-order valence-electron chi connectivity index (χ1n) is 7.03. The van der Waals surface area contributed by atoms with Crippen LogP contribution in [0.4, 0.5) is 5.69 Å². The van der Waals surface area contributed by atoms with Crippen LogP contribution in [0.25, 0.3) is 11.0 Å². The van der Waals surface area contributed by atoms with Gasteiger partial charge >= 0.3 is 5.63 Å². The highest BCUT2D eigenvalue weighted by molar-refractivity contribution is 5.82. The topological polar surface area (TPSA) is 56.2 Å². The first kappa shape index (κ1) is 13.7. The van der Waals surface area contributed by atoms with Crippen LogP contribution in [-0.4, -0.2) is 0 Å². The van der Waals surface area contributed by atoms with Crippen molar-refractivity contribution < 1.29 is 4.42 Å². The standard InChI is InChI=1S/C16H21NO2/c1-2-3-4-5-6-7-12-10-16(18)19-15-11-13(17)8-9-14(12)15/h8-11H,2-7,17H2,1H3. The normalized spacial score (nSPS) is 11.0. The Morgan fingerprint density at radius 2 is 1.89 bits per heavy atom. The minimum Gasteiger partial charge on any atom is -0.423 e. The van der Waals surface area contributed by atoms with E-state index >= 15 is 0 Å². The molecule has 2 rings (SSSR count). The maximum atomic E-state index is 11.5. The number of rotatable bonds is 6. The number of aryl methyl sites for hydroxylation is 1. The van der Waals surface area contributed by atoms with E-state index in [2.05, 4.69) is 6.92 Å².